The SMILES string of the molecule is Cc1noc(/C=C/c2ccc(OCc3ccc4ccccc4c3)cc2)c1[N+](=O)[O-]. The summed E-state index contributed by atoms with van der Waals surface area (Å²) in [6.45, 7) is 2.02. The van der Waals surface area contributed by atoms with Crippen LogP contribution in [0.5, 0.6) is 5.75 Å². The zero-order valence-electron chi connectivity index (χ0n) is 15.7. The molecule has 0 atom stereocenters. The van der Waals surface area contributed by atoms with E-state index in [-0.39, 0.29) is 17.1 Å². The molecular formula is C23H18N2O4. The van der Waals surface area contributed by atoms with Crippen LogP contribution < -0.4 is 4.74 Å². The molecule has 4 rings (SSSR count). The van der Waals surface area contributed by atoms with E-state index >= 15 is 0 Å². The Bertz CT molecular complexity index is 1190. The maximum Gasteiger partial charge on any atom is 0.338 e. The number of aryl methyl sites for hydroxylation is 1. The molecule has 0 saturated heterocycles. The first-order valence-corrected chi connectivity index (χ1v) is 9.09. The second kappa shape index (κ2) is 7.98. The molecule has 0 fully saturated rings. The molecule has 0 saturated carbocycles. The molecule has 0 spiro atoms. The van der Waals surface area contributed by atoms with Crippen LogP contribution in [0.3, 0.4) is 0 Å². The zero-order valence-corrected chi connectivity index (χ0v) is 15.7. The summed E-state index contributed by atoms with van der Waals surface area (Å²) in [5.41, 5.74) is 2.11. The fourth-order valence-electron chi connectivity index (χ4n) is 3.06. The van der Waals surface area contributed by atoms with E-state index in [1.165, 1.54) is 10.8 Å². The summed E-state index contributed by atoms with van der Waals surface area (Å²) in [6, 6.07) is 22.0. The lowest BCUT2D eigenvalue weighted by molar-refractivity contribution is -0.386. The lowest BCUT2D eigenvalue weighted by atomic mass is 10.1. The number of fused-ring (bicyclic) bond motifs is 1. The van der Waals surface area contributed by atoms with Crippen molar-refractivity contribution in [1.82, 2.24) is 5.16 Å². The number of benzene rings is 3. The van der Waals surface area contributed by atoms with Crippen molar-refractivity contribution in [2.75, 3.05) is 0 Å². The van der Waals surface area contributed by atoms with Crippen LogP contribution in [-0.4, -0.2) is 10.1 Å². The van der Waals surface area contributed by atoms with Gasteiger partial charge in [0.1, 0.15) is 12.4 Å². The van der Waals surface area contributed by atoms with Gasteiger partial charge in [-0.3, -0.25) is 10.1 Å². The normalized spacial score (nSPS) is 11.2. The molecule has 0 unspecified atom stereocenters. The molecule has 6 nitrogen and oxygen atoms in total. The third-order valence-electron chi connectivity index (χ3n) is 4.57. The predicted molar refractivity (Wildman–Crippen MR) is 112 cm³/mol. The molecule has 6 heteroatoms. The van der Waals surface area contributed by atoms with Crippen molar-refractivity contribution in [1.29, 1.82) is 0 Å². The number of nitro groups is 1. The highest BCUT2D eigenvalue weighted by Gasteiger charge is 2.21. The molecule has 144 valence electrons. The number of hydrogen-bond acceptors (Lipinski definition) is 5. The molecule has 0 aliphatic carbocycles. The topological polar surface area (TPSA) is 78.4 Å². The van der Waals surface area contributed by atoms with E-state index in [1.54, 1.807) is 19.1 Å². The minimum atomic E-state index is -0.491. The highest BCUT2D eigenvalue weighted by Crippen LogP contribution is 2.25. The molecular weight excluding hydrogens is 368 g/mol. The van der Waals surface area contributed by atoms with Gasteiger partial charge in [0.15, 0.2) is 5.69 Å². The van der Waals surface area contributed by atoms with Gasteiger partial charge in [-0.15, -0.1) is 0 Å². The molecule has 3 aromatic carbocycles. The fraction of sp³-hybridized carbons (Fsp3) is 0.0870. The quantitative estimate of drug-likeness (QED) is 0.309. The van der Waals surface area contributed by atoms with Gasteiger partial charge in [-0.1, -0.05) is 59.8 Å². The highest BCUT2D eigenvalue weighted by molar-refractivity contribution is 5.83. The summed E-state index contributed by atoms with van der Waals surface area (Å²) in [7, 11) is 0. The summed E-state index contributed by atoms with van der Waals surface area (Å²) in [5.74, 6) is 0.876. The fourth-order valence-corrected chi connectivity index (χ4v) is 3.06. The Morgan fingerprint density at radius 3 is 2.55 bits per heavy atom. The van der Waals surface area contributed by atoms with Crippen molar-refractivity contribution in [3.05, 3.63) is 99.4 Å². The molecule has 0 bridgehead atoms. The Hall–Kier alpha value is -3.93. The van der Waals surface area contributed by atoms with Gasteiger partial charge in [-0.2, -0.15) is 0 Å². The summed E-state index contributed by atoms with van der Waals surface area (Å²) in [5, 5.41) is 17.1. The first-order chi connectivity index (χ1) is 14.1. The number of ether oxygens (including phenoxy) is 1. The largest absolute Gasteiger partial charge is 0.489 e. The van der Waals surface area contributed by atoms with Crippen molar-refractivity contribution < 1.29 is 14.2 Å². The van der Waals surface area contributed by atoms with E-state index in [4.69, 9.17) is 9.26 Å². The van der Waals surface area contributed by atoms with Gasteiger partial charge in [0.05, 0.1) is 4.92 Å². The molecule has 1 aromatic heterocycles. The number of nitrogens with zero attached hydrogens (tertiary/aromatic N) is 2. The molecule has 0 N–H and O–H groups in total. The van der Waals surface area contributed by atoms with E-state index < -0.39 is 4.92 Å². The zero-order chi connectivity index (χ0) is 20.2. The number of rotatable bonds is 6. The summed E-state index contributed by atoms with van der Waals surface area (Å²) in [4.78, 5) is 10.6. The predicted octanol–water partition coefficient (Wildman–Crippen LogP) is 5.79. The first kappa shape index (κ1) is 18.4. The van der Waals surface area contributed by atoms with Gasteiger partial charge < -0.3 is 9.26 Å². The molecule has 0 amide bonds. The van der Waals surface area contributed by atoms with Crippen LogP contribution >= 0.6 is 0 Å². The lowest BCUT2D eigenvalue weighted by Crippen LogP contribution is -1.95. The lowest BCUT2D eigenvalue weighted by Gasteiger charge is -2.07. The average molecular weight is 386 g/mol. The highest BCUT2D eigenvalue weighted by atomic mass is 16.6. The molecule has 0 radical (unpaired) electrons. The third-order valence-corrected chi connectivity index (χ3v) is 4.57. The van der Waals surface area contributed by atoms with Crippen LogP contribution in [0.1, 0.15) is 22.6 Å². The van der Waals surface area contributed by atoms with E-state index in [0.717, 1.165) is 16.9 Å². The second-order valence-corrected chi connectivity index (χ2v) is 6.61. The van der Waals surface area contributed by atoms with E-state index in [0.29, 0.717) is 6.61 Å². The van der Waals surface area contributed by atoms with Crippen LogP contribution in [0.2, 0.25) is 0 Å². The second-order valence-electron chi connectivity index (χ2n) is 6.61. The minimum absolute atomic E-state index is 0.114. The smallest absolute Gasteiger partial charge is 0.338 e. The standard InChI is InChI=1S/C23H18N2O4/c1-16-23(25(26)27)22(29-24-16)13-9-17-7-11-21(12-8-17)28-15-18-6-10-19-4-2-3-5-20(19)14-18/h2-14H,15H2,1H3/b13-9+. The van der Waals surface area contributed by atoms with Crippen LogP contribution in [0.4, 0.5) is 5.69 Å². The Balaban J connectivity index is 1.42. The average Bonchev–Trinajstić information content (AvgIpc) is 3.12. The van der Waals surface area contributed by atoms with E-state index in [1.807, 2.05) is 36.4 Å². The number of aromatic nitrogens is 1. The molecule has 1 heterocycles. The summed E-state index contributed by atoms with van der Waals surface area (Å²) in [6.07, 6.45) is 3.28. The Morgan fingerprint density at radius 2 is 1.79 bits per heavy atom. The van der Waals surface area contributed by atoms with Gasteiger partial charge in [0.25, 0.3) is 0 Å². The van der Waals surface area contributed by atoms with Gasteiger partial charge >= 0.3 is 5.69 Å². The van der Waals surface area contributed by atoms with E-state index in [9.17, 15) is 10.1 Å². The maximum absolute atomic E-state index is 11.1. The Morgan fingerprint density at radius 1 is 1.03 bits per heavy atom. The molecule has 29 heavy (non-hydrogen) atoms. The van der Waals surface area contributed by atoms with Crippen molar-refractivity contribution in [2.24, 2.45) is 0 Å². The van der Waals surface area contributed by atoms with E-state index in [2.05, 4.69) is 35.5 Å². The minimum Gasteiger partial charge on any atom is -0.489 e. The van der Waals surface area contributed by atoms with Gasteiger partial charge in [0.2, 0.25) is 5.76 Å². The van der Waals surface area contributed by atoms with Crippen molar-refractivity contribution in [2.45, 2.75) is 13.5 Å². The number of hydrogen-bond donors (Lipinski definition) is 0. The third kappa shape index (κ3) is 4.16. The van der Waals surface area contributed by atoms with Gasteiger partial charge in [-0.05, 0) is 53.1 Å². The molecule has 4 aromatic rings. The van der Waals surface area contributed by atoms with Crippen LogP contribution in [0.15, 0.2) is 71.3 Å². The van der Waals surface area contributed by atoms with Gasteiger partial charge in [-0.25, -0.2) is 0 Å². The van der Waals surface area contributed by atoms with Crippen molar-refractivity contribution >= 4 is 28.6 Å². The van der Waals surface area contributed by atoms with Crippen molar-refractivity contribution in [3.63, 3.8) is 0 Å². The first-order valence-electron chi connectivity index (χ1n) is 9.09. The van der Waals surface area contributed by atoms with Crippen molar-refractivity contribution in [3.8, 4) is 5.75 Å². The monoisotopic (exact) mass is 386 g/mol. The maximum atomic E-state index is 11.1. The van der Waals surface area contributed by atoms with Crippen LogP contribution in [0, 0.1) is 17.0 Å². The molecule has 0 aliphatic rings. The summed E-state index contributed by atoms with van der Waals surface area (Å²) < 4.78 is 10.9. The van der Waals surface area contributed by atoms with Crippen LogP contribution in [0.25, 0.3) is 22.9 Å². The Kier molecular flexibility index (Phi) is 5.07. The summed E-state index contributed by atoms with van der Waals surface area (Å²) >= 11 is 0. The van der Waals surface area contributed by atoms with Crippen LogP contribution in [-0.2, 0) is 6.61 Å². The Labute approximate surface area is 167 Å². The molecule has 0 aliphatic heterocycles. The van der Waals surface area contributed by atoms with Gasteiger partial charge in [0, 0.05) is 0 Å².